The van der Waals surface area contributed by atoms with Crippen LogP contribution in [-0.4, -0.2) is 40.1 Å². The molecule has 0 saturated heterocycles. The van der Waals surface area contributed by atoms with Gasteiger partial charge in [-0.2, -0.15) is 10.2 Å². The van der Waals surface area contributed by atoms with Crippen LogP contribution >= 0.6 is 23.2 Å². The molecule has 31 heavy (non-hydrogen) atoms. The molecule has 0 spiro atoms. The molecule has 160 valence electrons. The summed E-state index contributed by atoms with van der Waals surface area (Å²) in [5.74, 6) is -2.09. The zero-order valence-electron chi connectivity index (χ0n) is 16.1. The molecule has 12 heteroatoms. The molecule has 0 fully saturated rings. The number of aryl methyl sites for hydroxylation is 1. The van der Waals surface area contributed by atoms with Crippen molar-refractivity contribution in [2.24, 2.45) is 7.05 Å². The number of hydrogen-bond acceptors (Lipinski definition) is 5. The molecule has 2 aromatic heterocycles. The minimum absolute atomic E-state index is 0.0168. The van der Waals surface area contributed by atoms with Crippen molar-refractivity contribution < 1.29 is 17.6 Å². The Hall–Kier alpha value is -2.95. The molecule has 2 heterocycles. The van der Waals surface area contributed by atoms with E-state index in [1.165, 1.54) is 4.68 Å². The molecule has 1 N–H and O–H groups in total. The van der Waals surface area contributed by atoms with Crippen LogP contribution in [-0.2, 0) is 17.1 Å². The highest BCUT2D eigenvalue weighted by molar-refractivity contribution is 7.89. The molecule has 0 aliphatic heterocycles. The lowest BCUT2D eigenvalue weighted by atomic mass is 10.1. The molecule has 0 bridgehead atoms. The maximum Gasteiger partial charge on any atom is 0.267 e. The van der Waals surface area contributed by atoms with Crippen LogP contribution in [0, 0.1) is 5.82 Å². The van der Waals surface area contributed by atoms with Gasteiger partial charge < -0.3 is 0 Å². The Balaban J connectivity index is 1.81. The second-order valence-corrected chi connectivity index (χ2v) is 9.28. The molecular weight excluding hydrogens is 468 g/mol. The van der Waals surface area contributed by atoms with E-state index in [0.29, 0.717) is 10.9 Å². The quantitative estimate of drug-likeness (QED) is 0.480. The number of fused-ring (bicyclic) bond motifs is 1. The summed E-state index contributed by atoms with van der Waals surface area (Å²) < 4.78 is 41.9. The van der Waals surface area contributed by atoms with E-state index in [4.69, 9.17) is 23.2 Å². The zero-order chi connectivity index (χ0) is 22.5. The van der Waals surface area contributed by atoms with Crippen molar-refractivity contribution in [3.05, 3.63) is 64.2 Å². The molecule has 0 aliphatic carbocycles. The lowest BCUT2D eigenvalue weighted by Gasteiger charge is -2.10. The van der Waals surface area contributed by atoms with E-state index in [1.807, 2.05) is 25.2 Å². The van der Waals surface area contributed by atoms with Gasteiger partial charge in [0.15, 0.2) is 5.15 Å². The van der Waals surface area contributed by atoms with Gasteiger partial charge in [-0.1, -0.05) is 29.3 Å². The van der Waals surface area contributed by atoms with Crippen LogP contribution in [0.1, 0.15) is 10.4 Å². The molecule has 4 rings (SSSR count). The molecule has 1 amide bonds. The van der Waals surface area contributed by atoms with Gasteiger partial charge in [0.2, 0.25) is 10.0 Å². The average Bonchev–Trinajstić information content (AvgIpc) is 3.25. The van der Waals surface area contributed by atoms with Crippen molar-refractivity contribution in [2.75, 3.05) is 6.26 Å². The first kappa shape index (κ1) is 21.3. The van der Waals surface area contributed by atoms with Crippen molar-refractivity contribution in [1.82, 2.24) is 24.3 Å². The molecule has 0 unspecified atom stereocenters. The lowest BCUT2D eigenvalue weighted by molar-refractivity contribution is 0.0978. The minimum Gasteiger partial charge on any atom is -0.268 e. The fraction of sp³-hybridized carbons (Fsp3) is 0.105. The number of sulfonamides is 1. The second kappa shape index (κ2) is 7.63. The van der Waals surface area contributed by atoms with E-state index in [-0.39, 0.29) is 15.9 Å². The highest BCUT2D eigenvalue weighted by atomic mass is 35.5. The first-order chi connectivity index (χ1) is 14.5. The standard InChI is InChI=1S/C19H14Cl2FN5O3S/c1-26-15(5-6-23-26)10-3-4-16-12(7-10)18(21)24-27(16)17-9-14(22)11(8-13(17)20)19(28)25-31(2,29)30/h3-9H,1-2H3,(H,25,28). The van der Waals surface area contributed by atoms with Crippen molar-refractivity contribution in [3.8, 4) is 16.9 Å². The second-order valence-electron chi connectivity index (χ2n) is 6.76. The third-order valence-corrected chi connectivity index (χ3v) is 5.68. The van der Waals surface area contributed by atoms with E-state index in [9.17, 15) is 17.6 Å². The van der Waals surface area contributed by atoms with Gasteiger partial charge in [0.1, 0.15) is 5.82 Å². The number of rotatable bonds is 4. The van der Waals surface area contributed by atoms with Crippen LogP contribution in [0.3, 0.4) is 0 Å². The number of carbonyl (C=O) groups excluding carboxylic acids is 1. The Labute approximate surface area is 186 Å². The number of carbonyl (C=O) groups is 1. The van der Waals surface area contributed by atoms with Gasteiger partial charge in [0.25, 0.3) is 5.91 Å². The predicted molar refractivity (Wildman–Crippen MR) is 116 cm³/mol. The van der Waals surface area contributed by atoms with Crippen LogP contribution in [0.15, 0.2) is 42.6 Å². The van der Waals surface area contributed by atoms with Gasteiger partial charge in [0, 0.05) is 30.3 Å². The van der Waals surface area contributed by atoms with Crippen molar-refractivity contribution in [1.29, 1.82) is 0 Å². The number of halogens is 3. The Morgan fingerprint density at radius 2 is 1.90 bits per heavy atom. The summed E-state index contributed by atoms with van der Waals surface area (Å²) in [6, 6.07) is 9.32. The summed E-state index contributed by atoms with van der Waals surface area (Å²) in [7, 11) is -2.05. The van der Waals surface area contributed by atoms with Crippen LogP contribution in [0.2, 0.25) is 10.2 Å². The smallest absolute Gasteiger partial charge is 0.267 e. The molecule has 4 aromatic rings. The number of benzene rings is 2. The molecule has 0 radical (unpaired) electrons. The topological polar surface area (TPSA) is 98.9 Å². The van der Waals surface area contributed by atoms with Gasteiger partial charge in [0.05, 0.1) is 33.7 Å². The highest BCUT2D eigenvalue weighted by Crippen LogP contribution is 2.33. The maximum atomic E-state index is 14.6. The van der Waals surface area contributed by atoms with Gasteiger partial charge in [-0.05, 0) is 24.3 Å². The monoisotopic (exact) mass is 481 g/mol. The molecule has 0 atom stereocenters. The number of nitrogens with one attached hydrogen (secondary N) is 1. The Kier molecular flexibility index (Phi) is 5.24. The molecule has 0 saturated carbocycles. The Morgan fingerprint density at radius 1 is 1.16 bits per heavy atom. The normalized spacial score (nSPS) is 11.8. The van der Waals surface area contributed by atoms with Crippen molar-refractivity contribution in [2.45, 2.75) is 0 Å². The zero-order valence-corrected chi connectivity index (χ0v) is 18.4. The van der Waals surface area contributed by atoms with E-state index in [0.717, 1.165) is 29.6 Å². The Morgan fingerprint density at radius 3 is 2.55 bits per heavy atom. The molecule has 8 nitrogen and oxygen atoms in total. The van der Waals surface area contributed by atoms with E-state index >= 15 is 0 Å². The summed E-state index contributed by atoms with van der Waals surface area (Å²) in [4.78, 5) is 12.0. The van der Waals surface area contributed by atoms with E-state index in [2.05, 4.69) is 10.2 Å². The highest BCUT2D eigenvalue weighted by Gasteiger charge is 2.21. The summed E-state index contributed by atoms with van der Waals surface area (Å²) in [5.41, 5.74) is 1.92. The third-order valence-electron chi connectivity index (χ3n) is 4.54. The molecular formula is C19H14Cl2FN5O3S. The maximum absolute atomic E-state index is 14.6. The van der Waals surface area contributed by atoms with E-state index < -0.39 is 27.3 Å². The van der Waals surface area contributed by atoms with Crippen LogP contribution in [0.5, 0.6) is 0 Å². The van der Waals surface area contributed by atoms with Gasteiger partial charge in [-0.25, -0.2) is 22.2 Å². The SMILES string of the molecule is Cn1nccc1-c1ccc2c(c1)c(Cl)nn2-c1cc(F)c(C(=O)NS(C)(=O)=O)cc1Cl. The van der Waals surface area contributed by atoms with Gasteiger partial charge >= 0.3 is 0 Å². The van der Waals surface area contributed by atoms with Crippen molar-refractivity contribution in [3.63, 3.8) is 0 Å². The largest absolute Gasteiger partial charge is 0.268 e. The number of amides is 1. The number of nitrogens with zero attached hydrogens (tertiary/aromatic N) is 4. The molecule has 2 aromatic carbocycles. The van der Waals surface area contributed by atoms with Crippen LogP contribution < -0.4 is 4.72 Å². The van der Waals surface area contributed by atoms with Gasteiger partial charge in [-0.15, -0.1) is 0 Å². The van der Waals surface area contributed by atoms with Crippen LogP contribution in [0.25, 0.3) is 27.8 Å². The lowest BCUT2D eigenvalue weighted by Crippen LogP contribution is -2.30. The summed E-state index contributed by atoms with van der Waals surface area (Å²) in [6.07, 6.45) is 2.46. The van der Waals surface area contributed by atoms with E-state index in [1.54, 1.807) is 21.7 Å². The number of aromatic nitrogens is 4. The predicted octanol–water partition coefficient (Wildman–Crippen LogP) is 3.56. The minimum atomic E-state index is -3.87. The summed E-state index contributed by atoms with van der Waals surface area (Å²) in [5, 5.41) is 9.17. The fourth-order valence-corrected chi connectivity index (χ4v) is 4.09. The Bertz CT molecular complexity index is 1460. The first-order valence-electron chi connectivity index (χ1n) is 8.73. The third kappa shape index (κ3) is 4.01. The molecule has 0 aliphatic rings. The summed E-state index contributed by atoms with van der Waals surface area (Å²) >= 11 is 12.6. The van der Waals surface area contributed by atoms with Crippen molar-refractivity contribution >= 4 is 50.0 Å². The van der Waals surface area contributed by atoms with Gasteiger partial charge in [-0.3, -0.25) is 9.48 Å². The fourth-order valence-electron chi connectivity index (χ4n) is 3.18. The number of hydrogen-bond donors (Lipinski definition) is 1. The first-order valence-corrected chi connectivity index (χ1v) is 11.4. The summed E-state index contributed by atoms with van der Waals surface area (Å²) in [6.45, 7) is 0. The van der Waals surface area contributed by atoms with Crippen LogP contribution in [0.4, 0.5) is 4.39 Å². The average molecular weight is 482 g/mol.